The van der Waals surface area contributed by atoms with Gasteiger partial charge in [0.2, 0.25) is 0 Å². The van der Waals surface area contributed by atoms with E-state index in [0.717, 1.165) is 26.1 Å². The van der Waals surface area contributed by atoms with E-state index in [9.17, 15) is 0 Å². The molecule has 0 aromatic carbocycles. The van der Waals surface area contributed by atoms with Gasteiger partial charge in [-0.1, -0.05) is 6.92 Å². The number of nitrogens with zero attached hydrogens (tertiary/aromatic N) is 2. The molecule has 0 atom stereocenters. The Balaban J connectivity index is 2.46. The molecule has 0 saturated carbocycles. The molecule has 1 N–H and O–H groups in total. The van der Waals surface area contributed by atoms with Gasteiger partial charge in [0.15, 0.2) is 0 Å². The van der Waals surface area contributed by atoms with Crippen molar-refractivity contribution in [1.82, 2.24) is 9.88 Å². The van der Waals surface area contributed by atoms with Crippen LogP contribution in [0, 0.1) is 0 Å². The van der Waals surface area contributed by atoms with E-state index in [1.807, 2.05) is 12.1 Å². The summed E-state index contributed by atoms with van der Waals surface area (Å²) in [6, 6.07) is 4.03. The Morgan fingerprint density at radius 2 is 2.00 bits per heavy atom. The monoisotopic (exact) mass is 194 g/mol. The Morgan fingerprint density at radius 3 is 2.57 bits per heavy atom. The summed E-state index contributed by atoms with van der Waals surface area (Å²) in [4.78, 5) is 6.22. The molecule has 0 unspecified atom stereocenters. The average Bonchev–Trinajstić information content (AvgIpc) is 2.20. The fourth-order valence-corrected chi connectivity index (χ4v) is 1.47. The maximum Gasteiger partial charge on any atom is 0.0558 e. The van der Waals surface area contributed by atoms with E-state index in [4.69, 9.17) is 5.11 Å². The van der Waals surface area contributed by atoms with Crippen molar-refractivity contribution in [2.45, 2.75) is 19.9 Å². The van der Waals surface area contributed by atoms with Crippen molar-refractivity contribution < 1.29 is 5.11 Å². The van der Waals surface area contributed by atoms with Crippen molar-refractivity contribution in [2.75, 3.05) is 19.7 Å². The molecule has 1 heterocycles. The van der Waals surface area contributed by atoms with E-state index in [1.165, 1.54) is 5.56 Å². The van der Waals surface area contributed by atoms with Gasteiger partial charge in [0.1, 0.15) is 0 Å². The molecule has 1 rings (SSSR count). The molecule has 0 bridgehead atoms. The van der Waals surface area contributed by atoms with E-state index >= 15 is 0 Å². The number of aliphatic hydroxyl groups is 1. The third-order valence-electron chi connectivity index (χ3n) is 2.11. The summed E-state index contributed by atoms with van der Waals surface area (Å²) in [6.45, 7) is 5.05. The molecule has 0 fully saturated rings. The van der Waals surface area contributed by atoms with Gasteiger partial charge in [0, 0.05) is 25.5 Å². The Kier molecular flexibility index (Phi) is 5.19. The fraction of sp³-hybridized carbons (Fsp3) is 0.545. The first-order valence-corrected chi connectivity index (χ1v) is 5.09. The van der Waals surface area contributed by atoms with Gasteiger partial charge in [-0.25, -0.2) is 0 Å². The summed E-state index contributed by atoms with van der Waals surface area (Å²) in [5.74, 6) is 0. The molecule has 14 heavy (non-hydrogen) atoms. The largest absolute Gasteiger partial charge is 0.395 e. The predicted molar refractivity (Wildman–Crippen MR) is 56.9 cm³/mol. The maximum atomic E-state index is 8.89. The van der Waals surface area contributed by atoms with Crippen LogP contribution in [0.5, 0.6) is 0 Å². The average molecular weight is 194 g/mol. The Bertz CT molecular complexity index is 232. The summed E-state index contributed by atoms with van der Waals surface area (Å²) >= 11 is 0. The molecule has 0 aliphatic heterocycles. The van der Waals surface area contributed by atoms with E-state index in [-0.39, 0.29) is 6.61 Å². The molecule has 78 valence electrons. The maximum absolute atomic E-state index is 8.89. The number of hydrogen-bond donors (Lipinski definition) is 1. The summed E-state index contributed by atoms with van der Waals surface area (Å²) in [5, 5.41) is 8.89. The second-order valence-corrected chi connectivity index (χ2v) is 3.36. The fourth-order valence-electron chi connectivity index (χ4n) is 1.47. The molecule has 0 aliphatic rings. The normalized spacial score (nSPS) is 10.8. The molecular formula is C11H18N2O. The first-order chi connectivity index (χ1) is 6.86. The SMILES string of the molecule is CCCN(CCO)Cc1ccncc1. The minimum absolute atomic E-state index is 0.227. The zero-order chi connectivity index (χ0) is 10.2. The van der Waals surface area contributed by atoms with Crippen LogP contribution in [0.2, 0.25) is 0 Å². The van der Waals surface area contributed by atoms with Gasteiger partial charge in [0.05, 0.1) is 6.61 Å². The lowest BCUT2D eigenvalue weighted by Gasteiger charge is -2.20. The van der Waals surface area contributed by atoms with E-state index in [1.54, 1.807) is 12.4 Å². The zero-order valence-electron chi connectivity index (χ0n) is 8.69. The van der Waals surface area contributed by atoms with Crippen LogP contribution in [-0.2, 0) is 6.54 Å². The number of hydrogen-bond acceptors (Lipinski definition) is 3. The third-order valence-corrected chi connectivity index (χ3v) is 2.11. The highest BCUT2D eigenvalue weighted by Gasteiger charge is 2.03. The molecule has 0 saturated heterocycles. The van der Waals surface area contributed by atoms with Crippen molar-refractivity contribution in [1.29, 1.82) is 0 Å². The first-order valence-electron chi connectivity index (χ1n) is 5.09. The van der Waals surface area contributed by atoms with Crippen LogP contribution in [-0.4, -0.2) is 34.7 Å². The van der Waals surface area contributed by atoms with Crippen LogP contribution in [0.15, 0.2) is 24.5 Å². The van der Waals surface area contributed by atoms with E-state index in [2.05, 4.69) is 16.8 Å². The first kappa shape index (κ1) is 11.1. The van der Waals surface area contributed by atoms with Crippen molar-refractivity contribution in [2.24, 2.45) is 0 Å². The van der Waals surface area contributed by atoms with Crippen LogP contribution in [0.1, 0.15) is 18.9 Å². The van der Waals surface area contributed by atoms with Gasteiger partial charge in [-0.15, -0.1) is 0 Å². The zero-order valence-corrected chi connectivity index (χ0v) is 8.69. The number of aliphatic hydroxyl groups excluding tert-OH is 1. The second kappa shape index (κ2) is 6.51. The lowest BCUT2D eigenvalue weighted by atomic mass is 10.2. The molecular weight excluding hydrogens is 176 g/mol. The van der Waals surface area contributed by atoms with E-state index in [0.29, 0.717) is 0 Å². The molecule has 0 amide bonds. The molecule has 1 aromatic heterocycles. The molecule has 0 aliphatic carbocycles. The lowest BCUT2D eigenvalue weighted by molar-refractivity contribution is 0.190. The standard InChI is InChI=1S/C11H18N2O/c1-2-7-13(8-9-14)10-11-3-5-12-6-4-11/h3-6,14H,2,7-10H2,1H3. The highest BCUT2D eigenvalue weighted by Crippen LogP contribution is 2.03. The molecule has 3 heteroatoms. The van der Waals surface area contributed by atoms with Gasteiger partial charge < -0.3 is 5.11 Å². The van der Waals surface area contributed by atoms with Gasteiger partial charge in [-0.3, -0.25) is 9.88 Å². The van der Waals surface area contributed by atoms with Crippen molar-refractivity contribution in [3.8, 4) is 0 Å². The van der Waals surface area contributed by atoms with Crippen LogP contribution in [0.4, 0.5) is 0 Å². The van der Waals surface area contributed by atoms with Gasteiger partial charge in [0.25, 0.3) is 0 Å². The Morgan fingerprint density at radius 1 is 1.29 bits per heavy atom. The van der Waals surface area contributed by atoms with Crippen molar-refractivity contribution in [3.05, 3.63) is 30.1 Å². The van der Waals surface area contributed by atoms with Crippen LogP contribution >= 0.6 is 0 Å². The van der Waals surface area contributed by atoms with Gasteiger partial charge in [-0.2, -0.15) is 0 Å². The van der Waals surface area contributed by atoms with Gasteiger partial charge >= 0.3 is 0 Å². The summed E-state index contributed by atoms with van der Waals surface area (Å²) < 4.78 is 0. The molecule has 1 aromatic rings. The number of aromatic nitrogens is 1. The lowest BCUT2D eigenvalue weighted by Crippen LogP contribution is -2.27. The molecule has 3 nitrogen and oxygen atoms in total. The van der Waals surface area contributed by atoms with Crippen molar-refractivity contribution in [3.63, 3.8) is 0 Å². The minimum atomic E-state index is 0.227. The van der Waals surface area contributed by atoms with Crippen LogP contribution in [0.3, 0.4) is 0 Å². The summed E-state index contributed by atoms with van der Waals surface area (Å²) in [7, 11) is 0. The van der Waals surface area contributed by atoms with E-state index < -0.39 is 0 Å². The highest BCUT2D eigenvalue weighted by molar-refractivity contribution is 5.09. The summed E-state index contributed by atoms with van der Waals surface area (Å²) in [5.41, 5.74) is 1.25. The number of rotatable bonds is 6. The topological polar surface area (TPSA) is 36.4 Å². The Hall–Kier alpha value is -0.930. The second-order valence-electron chi connectivity index (χ2n) is 3.36. The van der Waals surface area contributed by atoms with Crippen molar-refractivity contribution >= 4 is 0 Å². The quantitative estimate of drug-likeness (QED) is 0.741. The predicted octanol–water partition coefficient (Wildman–Crippen LogP) is 1.29. The number of pyridine rings is 1. The molecule has 0 radical (unpaired) electrons. The van der Waals surface area contributed by atoms with Crippen LogP contribution in [0.25, 0.3) is 0 Å². The third kappa shape index (κ3) is 3.85. The Labute approximate surface area is 85.4 Å². The molecule has 0 spiro atoms. The van der Waals surface area contributed by atoms with Gasteiger partial charge in [-0.05, 0) is 30.7 Å². The highest BCUT2D eigenvalue weighted by atomic mass is 16.3. The minimum Gasteiger partial charge on any atom is -0.395 e. The summed E-state index contributed by atoms with van der Waals surface area (Å²) in [6.07, 6.45) is 4.72. The smallest absolute Gasteiger partial charge is 0.0558 e. The van der Waals surface area contributed by atoms with Crippen LogP contribution < -0.4 is 0 Å².